The van der Waals surface area contributed by atoms with Gasteiger partial charge in [0, 0.05) is 35.8 Å². The van der Waals surface area contributed by atoms with Gasteiger partial charge < -0.3 is 15.0 Å². The summed E-state index contributed by atoms with van der Waals surface area (Å²) in [6, 6.07) is 7.83. The number of hydrogen-bond acceptors (Lipinski definition) is 6. The number of benzene rings is 2. The molecule has 32 heavy (non-hydrogen) atoms. The van der Waals surface area contributed by atoms with E-state index in [0.717, 1.165) is 31.4 Å². The highest BCUT2D eigenvalue weighted by molar-refractivity contribution is 6.31. The van der Waals surface area contributed by atoms with E-state index >= 15 is 0 Å². The average Bonchev–Trinajstić information content (AvgIpc) is 2.79. The summed E-state index contributed by atoms with van der Waals surface area (Å²) < 4.78 is 4.89. The molecule has 1 N–H and O–H groups in total. The van der Waals surface area contributed by atoms with Gasteiger partial charge in [-0.05, 0) is 50.5 Å². The first kappa shape index (κ1) is 23.2. The van der Waals surface area contributed by atoms with Crippen molar-refractivity contribution >= 4 is 40.8 Å². The maximum Gasteiger partial charge on any atom is 0.338 e. The Kier molecular flexibility index (Phi) is 7.42. The molecule has 2 amide bonds. The van der Waals surface area contributed by atoms with Crippen molar-refractivity contribution in [2.24, 2.45) is 0 Å². The van der Waals surface area contributed by atoms with E-state index in [1.165, 1.54) is 18.2 Å². The van der Waals surface area contributed by atoms with Gasteiger partial charge in [0.2, 0.25) is 0 Å². The van der Waals surface area contributed by atoms with Crippen LogP contribution in [0, 0.1) is 10.1 Å². The van der Waals surface area contributed by atoms with E-state index < -0.39 is 22.5 Å². The minimum Gasteiger partial charge on any atom is -0.462 e. The van der Waals surface area contributed by atoms with Crippen LogP contribution in [0.4, 0.5) is 11.4 Å². The van der Waals surface area contributed by atoms with E-state index in [0.29, 0.717) is 18.1 Å². The van der Waals surface area contributed by atoms with E-state index in [-0.39, 0.29) is 34.9 Å². The van der Waals surface area contributed by atoms with Gasteiger partial charge in [-0.15, -0.1) is 0 Å². The van der Waals surface area contributed by atoms with Crippen LogP contribution in [-0.4, -0.2) is 47.3 Å². The Bertz CT molecular complexity index is 1070. The van der Waals surface area contributed by atoms with Crippen LogP contribution >= 0.6 is 11.6 Å². The highest BCUT2D eigenvalue weighted by Crippen LogP contribution is 2.26. The summed E-state index contributed by atoms with van der Waals surface area (Å²) >= 11 is 6.08. The first-order chi connectivity index (χ1) is 15.3. The van der Waals surface area contributed by atoms with Crippen molar-refractivity contribution in [2.45, 2.75) is 26.2 Å². The quantitative estimate of drug-likeness (QED) is 0.390. The Morgan fingerprint density at radius 1 is 1.09 bits per heavy atom. The number of nitro benzene ring substituents is 1. The van der Waals surface area contributed by atoms with Gasteiger partial charge >= 0.3 is 5.97 Å². The summed E-state index contributed by atoms with van der Waals surface area (Å²) in [5, 5.41) is 14.2. The molecule has 0 aliphatic carbocycles. The van der Waals surface area contributed by atoms with Crippen LogP contribution in [-0.2, 0) is 4.74 Å². The molecule has 1 fully saturated rings. The lowest BCUT2D eigenvalue weighted by atomic mass is 10.1. The minimum absolute atomic E-state index is 0.0769. The van der Waals surface area contributed by atoms with Crippen molar-refractivity contribution in [3.8, 4) is 0 Å². The fraction of sp³-hybridized carbons (Fsp3) is 0.318. The monoisotopic (exact) mass is 459 g/mol. The smallest absolute Gasteiger partial charge is 0.338 e. The molecule has 1 aliphatic heterocycles. The van der Waals surface area contributed by atoms with Crippen LogP contribution in [0.3, 0.4) is 0 Å². The fourth-order valence-electron chi connectivity index (χ4n) is 3.45. The first-order valence-corrected chi connectivity index (χ1v) is 10.5. The van der Waals surface area contributed by atoms with Crippen LogP contribution in [0.15, 0.2) is 36.4 Å². The number of likely N-dealkylation sites (tertiary alicyclic amines) is 1. The van der Waals surface area contributed by atoms with E-state index in [1.54, 1.807) is 17.9 Å². The minimum atomic E-state index is -0.783. The zero-order valence-electron chi connectivity index (χ0n) is 17.4. The van der Waals surface area contributed by atoms with Crippen LogP contribution in [0.2, 0.25) is 5.02 Å². The molecule has 168 valence electrons. The molecule has 0 radical (unpaired) electrons. The van der Waals surface area contributed by atoms with E-state index in [4.69, 9.17) is 16.3 Å². The molecule has 0 unspecified atom stereocenters. The Morgan fingerprint density at radius 3 is 2.44 bits per heavy atom. The van der Waals surface area contributed by atoms with Crippen molar-refractivity contribution in [3.05, 3.63) is 68.2 Å². The Balaban J connectivity index is 1.93. The predicted molar refractivity (Wildman–Crippen MR) is 118 cm³/mol. The van der Waals surface area contributed by atoms with Gasteiger partial charge in [-0.25, -0.2) is 4.79 Å². The number of anilines is 1. The topological polar surface area (TPSA) is 119 Å². The number of carbonyl (C=O) groups is 3. The molecule has 1 saturated heterocycles. The third-order valence-corrected chi connectivity index (χ3v) is 5.24. The van der Waals surface area contributed by atoms with Crippen molar-refractivity contribution in [2.75, 3.05) is 25.0 Å². The molecule has 1 aliphatic rings. The normalized spacial score (nSPS) is 13.4. The number of nitrogens with one attached hydrogen (secondary N) is 1. The number of amides is 2. The van der Waals surface area contributed by atoms with Crippen LogP contribution in [0.1, 0.15) is 57.3 Å². The largest absolute Gasteiger partial charge is 0.462 e. The van der Waals surface area contributed by atoms with Crippen LogP contribution in [0.5, 0.6) is 0 Å². The van der Waals surface area contributed by atoms with E-state index in [9.17, 15) is 24.5 Å². The second kappa shape index (κ2) is 10.2. The predicted octanol–water partition coefficient (Wildman–Crippen LogP) is 4.30. The molecule has 0 saturated carbocycles. The number of ether oxygens (including phenoxy) is 1. The molecule has 10 heteroatoms. The standard InChI is InChI=1S/C22H22ClN3O6/c1-2-32-22(29)15-10-14(11-17(12-15)26(30)31)20(27)24-19-13-16(23)6-7-18(19)21(28)25-8-4-3-5-9-25/h6-7,10-13H,2-5,8-9H2,1H3,(H,24,27). The Labute approximate surface area is 189 Å². The summed E-state index contributed by atoms with van der Waals surface area (Å²) in [6.45, 7) is 2.93. The molecule has 0 aromatic heterocycles. The molecule has 9 nitrogen and oxygen atoms in total. The average molecular weight is 460 g/mol. The molecule has 1 heterocycles. The highest BCUT2D eigenvalue weighted by atomic mass is 35.5. The number of rotatable bonds is 6. The summed E-state index contributed by atoms with van der Waals surface area (Å²) in [6.07, 6.45) is 2.88. The molecule has 3 rings (SSSR count). The number of halogens is 1. The third kappa shape index (κ3) is 5.42. The third-order valence-electron chi connectivity index (χ3n) is 5.01. The molecular weight excluding hydrogens is 438 g/mol. The lowest BCUT2D eigenvalue weighted by molar-refractivity contribution is -0.384. The number of nitrogens with zero attached hydrogens (tertiary/aromatic N) is 2. The van der Waals surface area contributed by atoms with E-state index in [2.05, 4.69) is 5.32 Å². The summed E-state index contributed by atoms with van der Waals surface area (Å²) in [5.74, 6) is -1.74. The zero-order chi connectivity index (χ0) is 23.3. The van der Waals surface area contributed by atoms with Gasteiger partial charge in [-0.1, -0.05) is 11.6 Å². The Morgan fingerprint density at radius 2 is 1.78 bits per heavy atom. The molecule has 2 aromatic carbocycles. The summed E-state index contributed by atoms with van der Waals surface area (Å²) in [5.41, 5.74) is -0.236. The van der Waals surface area contributed by atoms with Crippen LogP contribution in [0.25, 0.3) is 0 Å². The maximum atomic E-state index is 13.0. The lowest BCUT2D eigenvalue weighted by Crippen LogP contribution is -2.36. The Hall–Kier alpha value is -3.46. The SMILES string of the molecule is CCOC(=O)c1cc(C(=O)Nc2cc(Cl)ccc2C(=O)N2CCCCC2)cc([N+](=O)[O-])c1. The summed E-state index contributed by atoms with van der Waals surface area (Å²) in [7, 11) is 0. The maximum absolute atomic E-state index is 13.0. The lowest BCUT2D eigenvalue weighted by Gasteiger charge is -2.27. The molecule has 0 bridgehead atoms. The number of carbonyl (C=O) groups excluding carboxylic acids is 3. The molecule has 0 atom stereocenters. The first-order valence-electron chi connectivity index (χ1n) is 10.2. The molecule has 0 spiro atoms. The van der Waals surface area contributed by atoms with Crippen molar-refractivity contribution in [3.63, 3.8) is 0 Å². The van der Waals surface area contributed by atoms with Gasteiger partial charge in [0.05, 0.1) is 28.3 Å². The number of hydrogen-bond donors (Lipinski definition) is 1. The summed E-state index contributed by atoms with van der Waals surface area (Å²) in [4.78, 5) is 50.3. The van der Waals surface area contributed by atoms with Crippen LogP contribution < -0.4 is 5.32 Å². The second-order valence-corrected chi connectivity index (χ2v) is 7.68. The van der Waals surface area contributed by atoms with Gasteiger partial charge in [0.25, 0.3) is 17.5 Å². The van der Waals surface area contributed by atoms with Crippen molar-refractivity contribution in [1.29, 1.82) is 0 Å². The zero-order valence-corrected chi connectivity index (χ0v) is 18.2. The van der Waals surface area contributed by atoms with Gasteiger partial charge in [0.1, 0.15) is 0 Å². The number of esters is 1. The second-order valence-electron chi connectivity index (χ2n) is 7.24. The number of non-ortho nitro benzene ring substituents is 1. The molecular formula is C22H22ClN3O6. The number of piperidine rings is 1. The van der Waals surface area contributed by atoms with Gasteiger partial charge in [0.15, 0.2) is 0 Å². The van der Waals surface area contributed by atoms with Gasteiger partial charge in [-0.3, -0.25) is 19.7 Å². The van der Waals surface area contributed by atoms with Crippen molar-refractivity contribution < 1.29 is 24.0 Å². The van der Waals surface area contributed by atoms with E-state index in [1.807, 2.05) is 0 Å². The molecule has 2 aromatic rings. The number of nitro groups is 1. The fourth-order valence-corrected chi connectivity index (χ4v) is 3.62. The van der Waals surface area contributed by atoms with Crippen molar-refractivity contribution in [1.82, 2.24) is 4.90 Å². The van der Waals surface area contributed by atoms with Gasteiger partial charge in [-0.2, -0.15) is 0 Å². The highest BCUT2D eigenvalue weighted by Gasteiger charge is 2.23.